The fourth-order valence-electron chi connectivity index (χ4n) is 1.57. The second-order valence-corrected chi connectivity index (χ2v) is 5.22. The zero-order valence-corrected chi connectivity index (χ0v) is 12.8. The zero-order valence-electron chi connectivity index (χ0n) is 10.5. The molecule has 0 aliphatic carbocycles. The summed E-state index contributed by atoms with van der Waals surface area (Å²) < 4.78 is 41.2. The van der Waals surface area contributed by atoms with E-state index in [1.54, 1.807) is 0 Å². The lowest BCUT2D eigenvalue weighted by Crippen LogP contribution is -2.17. The molecule has 0 N–H and O–H groups in total. The molecule has 1 heterocycles. The number of halogens is 5. The Morgan fingerprint density at radius 1 is 1.14 bits per heavy atom. The maximum absolute atomic E-state index is 12.0. The molecule has 0 unspecified atom stereocenters. The van der Waals surface area contributed by atoms with Gasteiger partial charge in [-0.1, -0.05) is 41.9 Å². The van der Waals surface area contributed by atoms with E-state index in [0.29, 0.717) is 10.2 Å². The average molecular weight is 382 g/mol. The summed E-state index contributed by atoms with van der Waals surface area (Å²) >= 11 is 9.24. The molecule has 0 spiro atoms. The summed E-state index contributed by atoms with van der Waals surface area (Å²) in [7, 11) is 0. The van der Waals surface area contributed by atoms with Crippen LogP contribution >= 0.6 is 27.5 Å². The van der Waals surface area contributed by atoms with Gasteiger partial charge in [0, 0.05) is 5.56 Å². The summed E-state index contributed by atoms with van der Waals surface area (Å²) in [6.07, 6.45) is -4.39. The van der Waals surface area contributed by atoms with Crippen LogP contribution in [-0.2, 0) is 11.3 Å². The predicted molar refractivity (Wildman–Crippen MR) is 75.9 cm³/mol. The first kappa shape index (κ1) is 16.2. The van der Waals surface area contributed by atoms with Crippen molar-refractivity contribution in [3.8, 4) is 11.3 Å². The minimum Gasteiger partial charge on any atom is -0.364 e. The largest absolute Gasteiger partial charge is 0.411 e. The van der Waals surface area contributed by atoms with Crippen molar-refractivity contribution in [1.82, 2.24) is 9.97 Å². The van der Waals surface area contributed by atoms with Crippen molar-refractivity contribution in [3.63, 3.8) is 0 Å². The number of nitrogens with zero attached hydrogens (tertiary/aromatic N) is 2. The lowest BCUT2D eigenvalue weighted by Gasteiger charge is -2.10. The van der Waals surface area contributed by atoms with E-state index >= 15 is 0 Å². The van der Waals surface area contributed by atoms with Gasteiger partial charge in [-0.25, -0.2) is 9.97 Å². The van der Waals surface area contributed by atoms with Crippen LogP contribution in [0, 0.1) is 0 Å². The molecule has 0 fully saturated rings. The quantitative estimate of drug-likeness (QED) is 0.724. The number of aromatic nitrogens is 2. The standard InChI is InChI=1S/C13H9BrClF3N2O/c14-10-11(8-4-2-1-3-5-8)19-9(20-12(10)15)6-21-7-13(16,17)18/h1-5H,6-7H2. The molecule has 0 amide bonds. The van der Waals surface area contributed by atoms with E-state index in [4.69, 9.17) is 11.6 Å². The van der Waals surface area contributed by atoms with E-state index in [1.807, 2.05) is 30.3 Å². The van der Waals surface area contributed by atoms with E-state index in [1.165, 1.54) is 0 Å². The topological polar surface area (TPSA) is 35.0 Å². The van der Waals surface area contributed by atoms with E-state index in [9.17, 15) is 13.2 Å². The van der Waals surface area contributed by atoms with Gasteiger partial charge in [-0.05, 0) is 15.9 Å². The van der Waals surface area contributed by atoms with Gasteiger partial charge in [0.15, 0.2) is 5.82 Å². The first-order chi connectivity index (χ1) is 9.87. The minimum absolute atomic E-state index is 0.0892. The van der Waals surface area contributed by atoms with Gasteiger partial charge in [0.2, 0.25) is 0 Å². The molecule has 0 atom stereocenters. The highest BCUT2D eigenvalue weighted by Crippen LogP contribution is 2.31. The van der Waals surface area contributed by atoms with Crippen LogP contribution in [0.4, 0.5) is 13.2 Å². The Balaban J connectivity index is 2.23. The Bertz CT molecular complexity index is 623. The van der Waals surface area contributed by atoms with Crippen LogP contribution in [0.3, 0.4) is 0 Å². The third-order valence-electron chi connectivity index (χ3n) is 2.40. The van der Waals surface area contributed by atoms with Crippen LogP contribution in [0.25, 0.3) is 11.3 Å². The molecule has 0 saturated heterocycles. The van der Waals surface area contributed by atoms with Gasteiger partial charge in [0.05, 0.1) is 10.2 Å². The molecule has 2 aromatic rings. The Hall–Kier alpha value is -1.18. The van der Waals surface area contributed by atoms with Crippen LogP contribution in [0.2, 0.25) is 5.15 Å². The normalized spacial score (nSPS) is 11.7. The molecule has 0 saturated carbocycles. The molecule has 21 heavy (non-hydrogen) atoms. The second-order valence-electron chi connectivity index (χ2n) is 4.07. The van der Waals surface area contributed by atoms with Crippen LogP contribution in [0.1, 0.15) is 5.82 Å². The van der Waals surface area contributed by atoms with Crippen molar-refractivity contribution in [2.75, 3.05) is 6.61 Å². The number of ether oxygens (including phenoxy) is 1. The van der Waals surface area contributed by atoms with Crippen molar-refractivity contribution in [2.45, 2.75) is 12.8 Å². The number of hydrogen-bond donors (Lipinski definition) is 0. The molecule has 0 aliphatic rings. The third kappa shape index (κ3) is 4.66. The Morgan fingerprint density at radius 2 is 1.81 bits per heavy atom. The zero-order chi connectivity index (χ0) is 15.5. The average Bonchev–Trinajstić information content (AvgIpc) is 2.42. The summed E-state index contributed by atoms with van der Waals surface area (Å²) in [5.74, 6) is 0.0892. The Kier molecular flexibility index (Phi) is 5.18. The highest BCUT2D eigenvalue weighted by Gasteiger charge is 2.27. The maximum Gasteiger partial charge on any atom is 0.411 e. The van der Waals surface area contributed by atoms with Crippen LogP contribution < -0.4 is 0 Å². The van der Waals surface area contributed by atoms with Crippen molar-refractivity contribution >= 4 is 27.5 Å². The number of rotatable bonds is 4. The van der Waals surface area contributed by atoms with Gasteiger partial charge < -0.3 is 4.74 Å². The Labute approximate surface area is 132 Å². The van der Waals surface area contributed by atoms with Crippen molar-refractivity contribution in [1.29, 1.82) is 0 Å². The fourth-order valence-corrected chi connectivity index (χ4v) is 2.17. The molecule has 8 heteroatoms. The van der Waals surface area contributed by atoms with Crippen LogP contribution in [-0.4, -0.2) is 22.8 Å². The first-order valence-corrected chi connectivity index (χ1v) is 6.96. The molecule has 0 radical (unpaired) electrons. The first-order valence-electron chi connectivity index (χ1n) is 5.78. The molecule has 0 aliphatic heterocycles. The second kappa shape index (κ2) is 6.72. The summed E-state index contributed by atoms with van der Waals surface area (Å²) in [5, 5.41) is 0.120. The molecule has 1 aromatic heterocycles. The number of benzene rings is 1. The summed E-state index contributed by atoms with van der Waals surface area (Å²) in [6, 6.07) is 9.09. The van der Waals surface area contributed by atoms with Gasteiger partial charge in [-0.2, -0.15) is 13.2 Å². The monoisotopic (exact) mass is 380 g/mol. The molecule has 112 valence electrons. The highest BCUT2D eigenvalue weighted by molar-refractivity contribution is 9.10. The van der Waals surface area contributed by atoms with Gasteiger partial charge in [-0.15, -0.1) is 0 Å². The van der Waals surface area contributed by atoms with E-state index in [0.717, 1.165) is 5.56 Å². The van der Waals surface area contributed by atoms with E-state index in [-0.39, 0.29) is 17.6 Å². The molecule has 0 bridgehead atoms. The molecular formula is C13H9BrClF3N2O. The summed E-state index contributed by atoms with van der Waals surface area (Å²) in [4.78, 5) is 8.08. The number of alkyl halides is 3. The highest BCUT2D eigenvalue weighted by atomic mass is 79.9. The van der Waals surface area contributed by atoms with Crippen molar-refractivity contribution in [3.05, 3.63) is 45.8 Å². The van der Waals surface area contributed by atoms with Crippen molar-refractivity contribution in [2.24, 2.45) is 0 Å². The molecule has 3 nitrogen and oxygen atoms in total. The van der Waals surface area contributed by atoms with Gasteiger partial charge in [0.25, 0.3) is 0 Å². The summed E-state index contributed by atoms with van der Waals surface area (Å²) in [5.41, 5.74) is 1.27. The molecule has 1 aromatic carbocycles. The van der Waals surface area contributed by atoms with Crippen molar-refractivity contribution < 1.29 is 17.9 Å². The molecular weight excluding hydrogens is 373 g/mol. The number of hydrogen-bond acceptors (Lipinski definition) is 3. The third-order valence-corrected chi connectivity index (χ3v) is 3.65. The fraction of sp³-hybridized carbons (Fsp3) is 0.231. The van der Waals surface area contributed by atoms with Gasteiger partial charge in [0.1, 0.15) is 18.4 Å². The SMILES string of the molecule is FC(F)(F)COCc1nc(Cl)c(Br)c(-c2ccccc2)n1. The van der Waals surface area contributed by atoms with E-state index < -0.39 is 12.8 Å². The summed E-state index contributed by atoms with van der Waals surface area (Å²) in [6.45, 7) is -1.73. The van der Waals surface area contributed by atoms with Crippen LogP contribution in [0.15, 0.2) is 34.8 Å². The Morgan fingerprint density at radius 3 is 2.43 bits per heavy atom. The maximum atomic E-state index is 12.0. The van der Waals surface area contributed by atoms with Gasteiger partial charge in [-0.3, -0.25) is 0 Å². The van der Waals surface area contributed by atoms with Crippen LogP contribution in [0.5, 0.6) is 0 Å². The smallest absolute Gasteiger partial charge is 0.364 e. The lowest BCUT2D eigenvalue weighted by molar-refractivity contribution is -0.177. The predicted octanol–water partition coefficient (Wildman–Crippen LogP) is 4.64. The minimum atomic E-state index is -4.39. The lowest BCUT2D eigenvalue weighted by atomic mass is 10.1. The molecule has 2 rings (SSSR count). The van der Waals surface area contributed by atoms with Gasteiger partial charge >= 0.3 is 6.18 Å². The van der Waals surface area contributed by atoms with E-state index in [2.05, 4.69) is 30.6 Å².